The van der Waals surface area contributed by atoms with Crippen molar-refractivity contribution < 1.29 is 18.0 Å². The molecule has 1 aliphatic carbocycles. The molecule has 0 heterocycles. The Morgan fingerprint density at radius 2 is 1.50 bits per heavy atom. The van der Waals surface area contributed by atoms with Crippen molar-refractivity contribution in [3.05, 3.63) is 114 Å². The van der Waals surface area contributed by atoms with Crippen molar-refractivity contribution in [2.24, 2.45) is 0 Å². The number of nitrogens with zero attached hydrogens (tertiary/aromatic N) is 2. The van der Waals surface area contributed by atoms with Crippen LogP contribution in [0.1, 0.15) is 48.8 Å². The average molecular weight is 612 g/mol. The first-order valence-electron chi connectivity index (χ1n) is 15.3. The van der Waals surface area contributed by atoms with Crippen molar-refractivity contribution in [3.8, 4) is 0 Å². The first-order chi connectivity index (χ1) is 21.2. The lowest BCUT2D eigenvalue weighted by Crippen LogP contribution is -2.55. The van der Waals surface area contributed by atoms with Gasteiger partial charge >= 0.3 is 0 Å². The van der Waals surface area contributed by atoms with Gasteiger partial charge in [-0.3, -0.25) is 13.9 Å². The van der Waals surface area contributed by atoms with E-state index < -0.39 is 28.5 Å². The summed E-state index contributed by atoms with van der Waals surface area (Å²) in [5, 5.41) is 4.85. The van der Waals surface area contributed by atoms with Crippen LogP contribution in [0.25, 0.3) is 10.8 Å². The summed E-state index contributed by atoms with van der Waals surface area (Å²) in [7, 11) is -3.86. The lowest BCUT2D eigenvalue weighted by Gasteiger charge is -2.35. The molecule has 0 aromatic heterocycles. The van der Waals surface area contributed by atoms with Crippen LogP contribution in [0.2, 0.25) is 0 Å². The summed E-state index contributed by atoms with van der Waals surface area (Å²) in [6, 6.07) is 29.7. The Hall–Kier alpha value is -4.17. The van der Waals surface area contributed by atoms with Gasteiger partial charge in [0.1, 0.15) is 12.6 Å². The predicted octanol–water partition coefficient (Wildman–Crippen LogP) is 6.00. The van der Waals surface area contributed by atoms with Crippen LogP contribution in [0.15, 0.2) is 97.1 Å². The van der Waals surface area contributed by atoms with Gasteiger partial charge in [-0.05, 0) is 42.3 Å². The zero-order valence-corrected chi connectivity index (χ0v) is 26.3. The van der Waals surface area contributed by atoms with E-state index in [0.29, 0.717) is 12.1 Å². The number of fused-ring (bicyclic) bond motifs is 1. The highest BCUT2D eigenvalue weighted by atomic mass is 32.2. The fraction of sp³-hybridized carbons (Fsp3) is 0.333. The zero-order valence-electron chi connectivity index (χ0n) is 25.5. The normalized spacial score (nSPS) is 14.6. The van der Waals surface area contributed by atoms with Crippen molar-refractivity contribution in [2.75, 3.05) is 17.1 Å². The number of nitrogens with one attached hydrogen (secondary N) is 1. The first kappa shape index (κ1) is 31.3. The average Bonchev–Trinajstić information content (AvgIpc) is 3.01. The van der Waals surface area contributed by atoms with Crippen LogP contribution in [-0.4, -0.2) is 50.0 Å². The molecule has 7 nitrogen and oxygen atoms in total. The summed E-state index contributed by atoms with van der Waals surface area (Å²) >= 11 is 0. The minimum Gasteiger partial charge on any atom is -0.352 e. The number of hydrogen-bond acceptors (Lipinski definition) is 4. The molecule has 4 aromatic carbocycles. The molecule has 0 radical (unpaired) electrons. The SMILES string of the molecule is Cc1cccc(CN(C(=O)CN(c2cccc3ccccc23)S(C)(=O)=O)C(Cc2ccccc2)C(=O)NC2CCCCC2)c1. The number of anilines is 1. The van der Waals surface area contributed by atoms with Crippen molar-refractivity contribution in [1.29, 1.82) is 0 Å². The van der Waals surface area contributed by atoms with Gasteiger partial charge in [0.15, 0.2) is 0 Å². The van der Waals surface area contributed by atoms with E-state index in [9.17, 15) is 18.0 Å². The quantitative estimate of drug-likeness (QED) is 0.225. The van der Waals surface area contributed by atoms with Gasteiger partial charge in [0.25, 0.3) is 0 Å². The lowest BCUT2D eigenvalue weighted by molar-refractivity contribution is -0.140. The highest BCUT2D eigenvalue weighted by molar-refractivity contribution is 7.92. The fourth-order valence-corrected chi connectivity index (χ4v) is 6.99. The third-order valence-corrected chi connectivity index (χ3v) is 9.50. The van der Waals surface area contributed by atoms with Crippen LogP contribution < -0.4 is 9.62 Å². The van der Waals surface area contributed by atoms with Crippen molar-refractivity contribution >= 4 is 38.3 Å². The van der Waals surface area contributed by atoms with Crippen LogP contribution in [-0.2, 0) is 32.6 Å². The molecular weight excluding hydrogens is 570 g/mol. The monoisotopic (exact) mass is 611 g/mol. The first-order valence-corrected chi connectivity index (χ1v) is 17.2. The van der Waals surface area contributed by atoms with E-state index in [0.717, 1.165) is 65.8 Å². The number of aryl methyl sites for hydroxylation is 1. The molecule has 1 fully saturated rings. The van der Waals surface area contributed by atoms with Crippen molar-refractivity contribution in [3.63, 3.8) is 0 Å². The molecular formula is C36H41N3O4S. The topological polar surface area (TPSA) is 86.8 Å². The third kappa shape index (κ3) is 7.85. The Kier molecular flexibility index (Phi) is 10.0. The largest absolute Gasteiger partial charge is 0.352 e. The van der Waals surface area contributed by atoms with Gasteiger partial charge in [-0.25, -0.2) is 8.42 Å². The van der Waals surface area contributed by atoms with Crippen LogP contribution in [0.4, 0.5) is 5.69 Å². The Morgan fingerprint density at radius 1 is 0.841 bits per heavy atom. The molecule has 1 atom stereocenters. The summed E-state index contributed by atoms with van der Waals surface area (Å²) < 4.78 is 27.7. The maximum absolute atomic E-state index is 14.5. The Labute approximate surface area is 260 Å². The Bertz CT molecular complexity index is 1700. The molecule has 8 heteroatoms. The van der Waals surface area contributed by atoms with E-state index in [1.54, 1.807) is 17.0 Å². The van der Waals surface area contributed by atoms with E-state index in [1.807, 2.05) is 91.9 Å². The van der Waals surface area contributed by atoms with Crippen molar-refractivity contribution in [2.45, 2.75) is 64.1 Å². The number of carbonyl (C=O) groups is 2. The Morgan fingerprint density at radius 3 is 2.23 bits per heavy atom. The summed E-state index contributed by atoms with van der Waals surface area (Å²) in [5.74, 6) is -0.651. The molecule has 2 amide bonds. The second-order valence-corrected chi connectivity index (χ2v) is 13.7. The summed E-state index contributed by atoms with van der Waals surface area (Å²) in [6.45, 7) is 1.72. The molecule has 1 aliphatic rings. The highest BCUT2D eigenvalue weighted by Gasteiger charge is 2.34. The van der Waals surface area contributed by atoms with Gasteiger partial charge in [-0.15, -0.1) is 0 Å². The molecule has 0 spiro atoms. The van der Waals surface area contributed by atoms with Crippen LogP contribution in [0.3, 0.4) is 0 Å². The molecule has 230 valence electrons. The second-order valence-electron chi connectivity index (χ2n) is 11.8. The van der Waals surface area contributed by atoms with Gasteiger partial charge in [0, 0.05) is 24.4 Å². The smallest absolute Gasteiger partial charge is 0.244 e. The molecule has 1 unspecified atom stereocenters. The van der Waals surface area contributed by atoms with E-state index in [2.05, 4.69) is 5.32 Å². The number of carbonyl (C=O) groups excluding carboxylic acids is 2. The highest BCUT2D eigenvalue weighted by Crippen LogP contribution is 2.29. The minimum absolute atomic E-state index is 0.0636. The summed E-state index contributed by atoms with van der Waals surface area (Å²) in [4.78, 5) is 30.1. The predicted molar refractivity (Wildman–Crippen MR) is 177 cm³/mol. The van der Waals surface area contributed by atoms with E-state index >= 15 is 0 Å². The molecule has 1 saturated carbocycles. The zero-order chi connectivity index (χ0) is 31.1. The third-order valence-electron chi connectivity index (χ3n) is 8.37. The molecule has 5 rings (SSSR count). The Balaban J connectivity index is 1.54. The molecule has 44 heavy (non-hydrogen) atoms. The van der Waals surface area contributed by atoms with Crippen LogP contribution in [0.5, 0.6) is 0 Å². The van der Waals surface area contributed by atoms with E-state index in [-0.39, 0.29) is 18.5 Å². The summed E-state index contributed by atoms with van der Waals surface area (Å²) in [6.07, 6.45) is 6.54. The van der Waals surface area contributed by atoms with Gasteiger partial charge < -0.3 is 10.2 Å². The minimum atomic E-state index is -3.86. The molecule has 0 saturated heterocycles. The second kappa shape index (κ2) is 14.1. The standard InChI is InChI=1S/C36H41N3O4S/c1-27-13-11-16-29(23-27)25-38(34(24-28-14-5-3-6-15-28)36(41)37-31-19-7-4-8-20-31)35(40)26-39(44(2,42)43)33-22-12-18-30-17-9-10-21-32(30)33/h3,5-6,9-18,21-23,31,34H,4,7-8,19-20,24-26H2,1-2H3,(H,37,41). The van der Waals surface area contributed by atoms with Gasteiger partial charge in [0.2, 0.25) is 21.8 Å². The molecule has 1 N–H and O–H groups in total. The molecule has 0 bridgehead atoms. The fourth-order valence-electron chi connectivity index (χ4n) is 6.13. The number of amides is 2. The van der Waals surface area contributed by atoms with Crippen LogP contribution >= 0.6 is 0 Å². The van der Waals surface area contributed by atoms with E-state index in [4.69, 9.17) is 0 Å². The van der Waals surface area contributed by atoms with Gasteiger partial charge in [0.05, 0.1) is 11.9 Å². The van der Waals surface area contributed by atoms with Crippen molar-refractivity contribution in [1.82, 2.24) is 10.2 Å². The molecule has 0 aliphatic heterocycles. The number of benzene rings is 4. The number of hydrogen-bond donors (Lipinski definition) is 1. The molecule has 4 aromatic rings. The van der Waals surface area contributed by atoms with Gasteiger partial charge in [-0.1, -0.05) is 116 Å². The van der Waals surface area contributed by atoms with Crippen LogP contribution in [0, 0.1) is 6.92 Å². The lowest BCUT2D eigenvalue weighted by atomic mass is 9.94. The van der Waals surface area contributed by atoms with E-state index in [1.165, 1.54) is 4.31 Å². The number of rotatable bonds is 11. The maximum Gasteiger partial charge on any atom is 0.244 e. The number of sulfonamides is 1. The summed E-state index contributed by atoms with van der Waals surface area (Å²) in [5.41, 5.74) is 3.26. The van der Waals surface area contributed by atoms with Gasteiger partial charge in [-0.2, -0.15) is 0 Å². The maximum atomic E-state index is 14.5.